The third-order valence-electron chi connectivity index (χ3n) is 6.45. The van der Waals surface area contributed by atoms with Crippen molar-refractivity contribution in [2.45, 2.75) is 40.8 Å². The molecule has 0 bridgehead atoms. The number of H-pyrrole nitrogens is 1. The minimum absolute atomic E-state index is 0.145. The Morgan fingerprint density at radius 1 is 1.22 bits per heavy atom. The number of nitrogens with zero attached hydrogens (tertiary/aromatic N) is 2. The maximum absolute atomic E-state index is 14.2. The Morgan fingerprint density at radius 3 is 2.53 bits per heavy atom. The zero-order valence-corrected chi connectivity index (χ0v) is 21.4. The molecule has 1 aliphatic rings. The molecule has 1 aromatic heterocycles. The molecule has 0 aliphatic carbocycles. The van der Waals surface area contributed by atoms with Crippen LogP contribution in [0.25, 0.3) is 11.6 Å². The van der Waals surface area contributed by atoms with Crippen LogP contribution in [0.3, 0.4) is 0 Å². The molecule has 9 nitrogen and oxygen atoms in total. The number of likely N-dealkylation sites (N-methyl/N-ethyl adjacent to an activating group) is 2. The van der Waals surface area contributed by atoms with Gasteiger partial charge in [0.1, 0.15) is 5.82 Å². The first kappa shape index (κ1) is 27.1. The van der Waals surface area contributed by atoms with Gasteiger partial charge in [-0.05, 0) is 63.3 Å². The van der Waals surface area contributed by atoms with E-state index in [0.29, 0.717) is 46.9 Å². The van der Waals surface area contributed by atoms with Gasteiger partial charge in [-0.1, -0.05) is 20.8 Å². The molecule has 0 saturated heterocycles. The summed E-state index contributed by atoms with van der Waals surface area (Å²) in [5.41, 5.74) is 3.03. The van der Waals surface area contributed by atoms with E-state index in [9.17, 15) is 23.9 Å². The van der Waals surface area contributed by atoms with Gasteiger partial charge >= 0.3 is 5.97 Å². The van der Waals surface area contributed by atoms with Gasteiger partial charge in [-0.25, -0.2) is 9.18 Å². The van der Waals surface area contributed by atoms with E-state index in [1.54, 1.807) is 26.8 Å². The van der Waals surface area contributed by atoms with Crippen molar-refractivity contribution in [1.29, 1.82) is 0 Å². The summed E-state index contributed by atoms with van der Waals surface area (Å²) in [5.74, 6) is -2.56. The van der Waals surface area contributed by atoms with Crippen molar-refractivity contribution in [3.8, 4) is 0 Å². The second kappa shape index (κ2) is 11.5. The summed E-state index contributed by atoms with van der Waals surface area (Å²) in [6.45, 7) is 12.8. The Morgan fingerprint density at radius 2 is 1.92 bits per heavy atom. The Labute approximate surface area is 210 Å². The molecule has 0 saturated carbocycles. The van der Waals surface area contributed by atoms with Gasteiger partial charge in [0.2, 0.25) is 0 Å². The Kier molecular flexibility index (Phi) is 8.65. The lowest BCUT2D eigenvalue weighted by Gasteiger charge is -2.25. The lowest BCUT2D eigenvalue weighted by atomic mass is 10.0. The molecule has 1 aromatic carbocycles. The van der Waals surface area contributed by atoms with Crippen LogP contribution in [-0.2, 0) is 9.59 Å². The molecule has 2 aromatic rings. The molecule has 2 amide bonds. The number of anilines is 1. The highest BCUT2D eigenvalue weighted by molar-refractivity contribution is 6.36. The molecular weight excluding hydrogens is 465 g/mol. The third kappa shape index (κ3) is 5.34. The van der Waals surface area contributed by atoms with E-state index < -0.39 is 23.9 Å². The van der Waals surface area contributed by atoms with Crippen molar-refractivity contribution >= 4 is 35.1 Å². The number of carbonyl (C=O) groups is 3. The van der Waals surface area contributed by atoms with Crippen molar-refractivity contribution in [2.75, 3.05) is 37.6 Å². The Balaban J connectivity index is 1.97. The molecule has 2 heterocycles. The molecule has 0 spiro atoms. The number of carboxylic acid groups (broad SMARTS) is 1. The number of aryl methyl sites for hydroxylation is 1. The molecule has 36 heavy (non-hydrogen) atoms. The van der Waals surface area contributed by atoms with Crippen molar-refractivity contribution in [1.82, 2.24) is 20.5 Å². The zero-order chi connectivity index (χ0) is 26.6. The minimum Gasteiger partial charge on any atom is -0.479 e. The number of nitrogens with one attached hydrogen (secondary N) is 3. The van der Waals surface area contributed by atoms with Crippen LogP contribution in [0.4, 0.5) is 10.1 Å². The van der Waals surface area contributed by atoms with Crippen molar-refractivity contribution in [3.05, 3.63) is 52.1 Å². The van der Waals surface area contributed by atoms with Crippen molar-refractivity contribution < 1.29 is 23.9 Å². The highest BCUT2D eigenvalue weighted by Gasteiger charge is 2.40. The van der Waals surface area contributed by atoms with Crippen molar-refractivity contribution in [2.24, 2.45) is 0 Å². The Hall–Kier alpha value is -3.50. The number of hydrogen-bond acceptors (Lipinski definition) is 5. The van der Waals surface area contributed by atoms with E-state index in [0.717, 1.165) is 24.5 Å². The molecule has 4 N–H and O–H groups in total. The second-order valence-corrected chi connectivity index (χ2v) is 8.64. The summed E-state index contributed by atoms with van der Waals surface area (Å²) >= 11 is 0. The van der Waals surface area contributed by atoms with E-state index in [2.05, 4.69) is 34.4 Å². The zero-order valence-electron chi connectivity index (χ0n) is 21.4. The number of fused-ring (bicyclic) bond motifs is 1. The van der Waals surface area contributed by atoms with Gasteiger partial charge in [0.25, 0.3) is 11.8 Å². The maximum atomic E-state index is 14.2. The summed E-state index contributed by atoms with van der Waals surface area (Å²) in [6.07, 6.45) is 0.247. The van der Waals surface area contributed by atoms with Crippen LogP contribution in [0, 0.1) is 19.7 Å². The quantitative estimate of drug-likeness (QED) is 0.353. The standard InChI is InChI=1S/C26H34FN5O4/c1-6-28-23(26(35)36)32-21-10-9-17(27)13-18(21)19(25(32)34)14-20-15(4)22(16(5)30-20)24(33)29-11-12-31(7-2)8-3/h9-10,13-14,23,28,30H,6-8,11-12H2,1-5H3,(H,29,33)(H,35,36). The number of rotatable bonds is 11. The SMILES string of the molecule is CCNC(C(=O)O)N1C(=O)C(=Cc2[nH]c(C)c(C(=O)NCCN(CC)CC)c2C)c2cc(F)ccc21. The summed E-state index contributed by atoms with van der Waals surface area (Å²) in [6, 6.07) is 3.81. The van der Waals surface area contributed by atoms with Crippen LogP contribution in [0.15, 0.2) is 18.2 Å². The van der Waals surface area contributed by atoms with Crippen LogP contribution >= 0.6 is 0 Å². The van der Waals surface area contributed by atoms with Crippen LogP contribution in [0.1, 0.15) is 53.6 Å². The first-order valence-corrected chi connectivity index (χ1v) is 12.2. The molecule has 1 atom stereocenters. The number of carbonyl (C=O) groups excluding carboxylic acids is 2. The monoisotopic (exact) mass is 499 g/mol. The topological polar surface area (TPSA) is 118 Å². The van der Waals surface area contributed by atoms with Gasteiger partial charge < -0.3 is 20.3 Å². The van der Waals surface area contributed by atoms with E-state index in [-0.39, 0.29) is 11.5 Å². The number of aliphatic carboxylic acids is 1. The molecule has 194 valence electrons. The normalized spacial score (nSPS) is 15.0. The number of aromatic amines is 1. The first-order chi connectivity index (χ1) is 17.1. The summed E-state index contributed by atoms with van der Waals surface area (Å²) in [7, 11) is 0. The van der Waals surface area contributed by atoms with E-state index in [1.807, 2.05) is 0 Å². The largest absolute Gasteiger partial charge is 0.479 e. The van der Waals surface area contributed by atoms with E-state index in [1.165, 1.54) is 18.2 Å². The summed E-state index contributed by atoms with van der Waals surface area (Å²) in [5, 5.41) is 15.5. The molecule has 3 rings (SSSR count). The van der Waals surface area contributed by atoms with Gasteiger partial charge in [-0.3, -0.25) is 19.8 Å². The van der Waals surface area contributed by atoms with E-state index >= 15 is 0 Å². The lowest BCUT2D eigenvalue weighted by molar-refractivity contribution is -0.140. The van der Waals surface area contributed by atoms with Gasteiger partial charge in [0.15, 0.2) is 6.17 Å². The van der Waals surface area contributed by atoms with E-state index in [4.69, 9.17) is 0 Å². The van der Waals surface area contributed by atoms with Crippen LogP contribution in [-0.4, -0.2) is 71.7 Å². The second-order valence-electron chi connectivity index (χ2n) is 8.64. The molecular formula is C26H34FN5O4. The number of amides is 2. The molecule has 10 heteroatoms. The highest BCUT2D eigenvalue weighted by Crippen LogP contribution is 2.39. The van der Waals surface area contributed by atoms with Gasteiger partial charge in [-0.15, -0.1) is 0 Å². The molecule has 0 fully saturated rings. The minimum atomic E-state index is -1.31. The fraction of sp³-hybridized carbons (Fsp3) is 0.423. The first-order valence-electron chi connectivity index (χ1n) is 12.2. The fourth-order valence-corrected chi connectivity index (χ4v) is 4.53. The molecule has 1 aliphatic heterocycles. The van der Waals surface area contributed by atoms with Gasteiger partial charge in [0, 0.05) is 30.0 Å². The average Bonchev–Trinajstić information content (AvgIpc) is 3.26. The van der Waals surface area contributed by atoms with Crippen LogP contribution in [0.2, 0.25) is 0 Å². The number of hydrogen-bond donors (Lipinski definition) is 4. The average molecular weight is 500 g/mol. The Bertz CT molecular complexity index is 1190. The van der Waals surface area contributed by atoms with Gasteiger partial charge in [0.05, 0.1) is 16.8 Å². The predicted octanol–water partition coefficient (Wildman–Crippen LogP) is 2.75. The summed E-state index contributed by atoms with van der Waals surface area (Å²) in [4.78, 5) is 44.7. The number of aromatic nitrogens is 1. The lowest BCUT2D eigenvalue weighted by Crippen LogP contribution is -2.52. The number of benzene rings is 1. The van der Waals surface area contributed by atoms with Crippen LogP contribution in [0.5, 0.6) is 0 Å². The number of carboxylic acids is 1. The predicted molar refractivity (Wildman–Crippen MR) is 137 cm³/mol. The van der Waals surface area contributed by atoms with Gasteiger partial charge in [-0.2, -0.15) is 0 Å². The third-order valence-corrected chi connectivity index (χ3v) is 6.45. The van der Waals surface area contributed by atoms with Crippen LogP contribution < -0.4 is 15.5 Å². The van der Waals surface area contributed by atoms with Crippen molar-refractivity contribution in [3.63, 3.8) is 0 Å². The smallest absolute Gasteiger partial charge is 0.342 e. The molecule has 1 unspecified atom stereocenters. The molecule has 0 radical (unpaired) electrons. The maximum Gasteiger partial charge on any atom is 0.342 e. The summed E-state index contributed by atoms with van der Waals surface area (Å²) < 4.78 is 14.2. The highest BCUT2D eigenvalue weighted by atomic mass is 19.1. The fourth-order valence-electron chi connectivity index (χ4n) is 4.53. The number of halogens is 1.